The highest BCUT2D eigenvalue weighted by Crippen LogP contribution is 2.47. The molecule has 292 valence electrons. The third kappa shape index (κ3) is 11.9. The summed E-state index contributed by atoms with van der Waals surface area (Å²) in [6.07, 6.45) is -0.459. The van der Waals surface area contributed by atoms with Crippen molar-refractivity contribution in [2.24, 2.45) is 0 Å². The Labute approximate surface area is 339 Å². The van der Waals surface area contributed by atoms with Crippen molar-refractivity contribution >= 4 is 17.7 Å². The zero-order valence-electron chi connectivity index (χ0n) is 31.8. The average molecular weight is 781 g/mol. The summed E-state index contributed by atoms with van der Waals surface area (Å²) in [5.74, 6) is -0.479. The third-order valence-corrected chi connectivity index (χ3v) is 11.4. The Morgan fingerprint density at radius 2 is 1.00 bits per heavy atom. The first-order chi connectivity index (χ1) is 28.1. The van der Waals surface area contributed by atoms with Gasteiger partial charge in [-0.2, -0.15) is 0 Å². The van der Waals surface area contributed by atoms with Crippen LogP contribution in [0.5, 0.6) is 5.75 Å². The smallest absolute Gasteiger partial charge is 0.341 e. The topological polar surface area (TPSA) is 83.5 Å². The van der Waals surface area contributed by atoms with Crippen LogP contribution >= 0.6 is 11.8 Å². The van der Waals surface area contributed by atoms with Crippen molar-refractivity contribution in [1.82, 2.24) is 0 Å². The van der Waals surface area contributed by atoms with Crippen LogP contribution < -0.4 is 4.74 Å². The quantitative estimate of drug-likeness (QED) is 0.0871. The summed E-state index contributed by atoms with van der Waals surface area (Å²) in [4.78, 5) is 11.0. The highest BCUT2D eigenvalue weighted by Gasteiger charge is 2.48. The fourth-order valence-corrected chi connectivity index (χ4v) is 8.65. The minimum atomic E-state index is -1.01. The van der Waals surface area contributed by atoms with Gasteiger partial charge in [-0.05, 0) is 57.5 Å². The molecule has 1 fully saturated rings. The van der Waals surface area contributed by atoms with Crippen LogP contribution in [-0.4, -0.2) is 47.9 Å². The summed E-state index contributed by atoms with van der Waals surface area (Å²) in [6.45, 7) is 1.83. The molecule has 0 radical (unpaired) electrons. The summed E-state index contributed by atoms with van der Waals surface area (Å²) in [5.41, 5.74) is 7.75. The number of carboxylic acids is 1. The van der Waals surface area contributed by atoms with E-state index in [1.165, 1.54) is 0 Å². The maximum Gasteiger partial charge on any atom is 0.341 e. The predicted octanol–water partition coefficient (Wildman–Crippen LogP) is 9.87. The van der Waals surface area contributed by atoms with Crippen molar-refractivity contribution in [3.05, 3.63) is 209 Å². The maximum atomic E-state index is 11.0. The second kappa shape index (κ2) is 20.8. The minimum absolute atomic E-state index is 0.0817. The Hall–Kier alpha value is -5.22. The first-order valence-corrected chi connectivity index (χ1v) is 20.3. The Bertz CT molecular complexity index is 2080. The van der Waals surface area contributed by atoms with E-state index in [4.69, 9.17) is 28.8 Å². The number of carboxylic acid groups (broad SMARTS) is 1. The summed E-state index contributed by atoms with van der Waals surface area (Å²) in [7, 11) is 0. The van der Waals surface area contributed by atoms with Gasteiger partial charge in [0.05, 0.1) is 43.5 Å². The van der Waals surface area contributed by atoms with Crippen molar-refractivity contribution in [3.63, 3.8) is 0 Å². The molecule has 57 heavy (non-hydrogen) atoms. The van der Waals surface area contributed by atoms with Gasteiger partial charge in [0.25, 0.3) is 0 Å². The number of rotatable bonds is 19. The van der Waals surface area contributed by atoms with Gasteiger partial charge >= 0.3 is 5.97 Å². The molecule has 0 spiro atoms. The second-order valence-electron chi connectivity index (χ2n) is 14.1. The Balaban J connectivity index is 1.22. The number of benzene rings is 6. The van der Waals surface area contributed by atoms with Crippen molar-refractivity contribution in [1.29, 1.82) is 0 Å². The van der Waals surface area contributed by atoms with Crippen LogP contribution in [0.2, 0.25) is 0 Å². The minimum Gasteiger partial charge on any atom is -0.482 e. The highest BCUT2D eigenvalue weighted by molar-refractivity contribution is 8.00. The van der Waals surface area contributed by atoms with E-state index in [1.54, 1.807) is 0 Å². The lowest BCUT2D eigenvalue weighted by atomic mass is 9.94. The number of ether oxygens (including phenoxy) is 5. The molecule has 0 amide bonds. The molecule has 6 aromatic carbocycles. The number of hydrogen-bond acceptors (Lipinski definition) is 7. The summed E-state index contributed by atoms with van der Waals surface area (Å²) >= 11 is 1.84. The van der Waals surface area contributed by atoms with Gasteiger partial charge in [0, 0.05) is 0 Å². The maximum absolute atomic E-state index is 11.0. The van der Waals surface area contributed by atoms with Crippen LogP contribution in [0.3, 0.4) is 0 Å². The van der Waals surface area contributed by atoms with E-state index in [1.807, 2.05) is 109 Å². The van der Waals surface area contributed by atoms with Crippen LogP contribution in [-0.2, 0) is 56.6 Å². The van der Waals surface area contributed by atoms with Gasteiger partial charge in [-0.25, -0.2) is 4.79 Å². The predicted molar refractivity (Wildman–Crippen MR) is 224 cm³/mol. The zero-order valence-corrected chi connectivity index (χ0v) is 32.6. The molecule has 1 aliphatic heterocycles. The van der Waals surface area contributed by atoms with Crippen molar-refractivity contribution in [2.75, 3.05) is 13.2 Å². The van der Waals surface area contributed by atoms with Crippen LogP contribution in [0.4, 0.5) is 0 Å². The van der Waals surface area contributed by atoms with Crippen molar-refractivity contribution in [3.8, 4) is 5.75 Å². The highest BCUT2D eigenvalue weighted by atomic mass is 32.2. The SMILES string of the molecule is O=C(O)COc1ccc(Cc2cccc([C@@H]3S[C@H](COCc4ccccc4)[C@@H](OCc4ccccc4)[C@H](OCc4ccccc4)[C@H]3OCc3ccccc3)c2)cc1. The number of thioether (sulfide) groups is 1. The Morgan fingerprint density at radius 1 is 0.509 bits per heavy atom. The van der Waals surface area contributed by atoms with E-state index in [2.05, 4.69) is 72.8 Å². The molecule has 1 saturated heterocycles. The van der Waals surface area contributed by atoms with Crippen LogP contribution in [0.15, 0.2) is 170 Å². The molecule has 0 aliphatic carbocycles. The first-order valence-electron chi connectivity index (χ1n) is 19.3. The molecule has 7 rings (SSSR count). The molecule has 0 saturated carbocycles. The fraction of sp³-hybridized carbons (Fsp3) is 0.245. The molecule has 0 aromatic heterocycles. The van der Waals surface area contributed by atoms with Crippen LogP contribution in [0, 0.1) is 0 Å². The van der Waals surface area contributed by atoms with E-state index < -0.39 is 12.1 Å². The molecule has 0 bridgehead atoms. The average Bonchev–Trinajstić information content (AvgIpc) is 3.26. The van der Waals surface area contributed by atoms with Gasteiger partial charge in [0.15, 0.2) is 6.61 Å². The summed E-state index contributed by atoms with van der Waals surface area (Å²) in [5, 5.41) is 8.81. The second-order valence-corrected chi connectivity index (χ2v) is 15.5. The molecule has 0 unspecified atom stereocenters. The van der Waals surface area contributed by atoms with Gasteiger partial charge in [-0.15, -0.1) is 11.8 Å². The molecule has 5 atom stereocenters. The van der Waals surface area contributed by atoms with Gasteiger partial charge < -0.3 is 28.8 Å². The molecule has 6 aromatic rings. The van der Waals surface area contributed by atoms with E-state index >= 15 is 0 Å². The molecule has 8 heteroatoms. The Morgan fingerprint density at radius 3 is 1.54 bits per heavy atom. The third-order valence-electron chi connectivity index (χ3n) is 9.86. The fourth-order valence-electron chi connectivity index (χ4n) is 7.02. The van der Waals surface area contributed by atoms with Crippen LogP contribution in [0.1, 0.15) is 44.2 Å². The summed E-state index contributed by atoms with van der Waals surface area (Å²) in [6, 6.07) is 57.4. The van der Waals surface area contributed by atoms with E-state index in [9.17, 15) is 4.79 Å². The first kappa shape index (κ1) is 40.0. The number of aliphatic carboxylic acids is 1. The van der Waals surface area contributed by atoms with Gasteiger partial charge in [0.1, 0.15) is 24.1 Å². The molecular formula is C49H48O7S. The monoisotopic (exact) mass is 780 g/mol. The van der Waals surface area contributed by atoms with Gasteiger partial charge in [0.2, 0.25) is 0 Å². The Kier molecular flexibility index (Phi) is 14.6. The lowest BCUT2D eigenvalue weighted by molar-refractivity contribution is -0.160. The number of carbonyl (C=O) groups is 1. The molecular weight excluding hydrogens is 733 g/mol. The van der Waals surface area contributed by atoms with Crippen LogP contribution in [0.25, 0.3) is 0 Å². The number of hydrogen-bond donors (Lipinski definition) is 1. The van der Waals surface area contributed by atoms with Crippen molar-refractivity contribution in [2.45, 2.75) is 61.7 Å². The van der Waals surface area contributed by atoms with Gasteiger partial charge in [-0.1, -0.05) is 158 Å². The zero-order chi connectivity index (χ0) is 39.1. The molecule has 1 heterocycles. The lowest BCUT2D eigenvalue weighted by Gasteiger charge is -2.46. The van der Waals surface area contributed by atoms with E-state index in [0.29, 0.717) is 45.2 Å². The molecule has 7 nitrogen and oxygen atoms in total. The van der Waals surface area contributed by atoms with E-state index in [-0.39, 0.29) is 29.3 Å². The molecule has 1 N–H and O–H groups in total. The van der Waals surface area contributed by atoms with E-state index in [0.717, 1.165) is 38.9 Å². The summed E-state index contributed by atoms with van der Waals surface area (Å²) < 4.78 is 32.9. The van der Waals surface area contributed by atoms with Crippen molar-refractivity contribution < 1.29 is 33.6 Å². The van der Waals surface area contributed by atoms with Gasteiger partial charge in [-0.3, -0.25) is 0 Å². The largest absolute Gasteiger partial charge is 0.482 e. The normalized spacial score (nSPS) is 19.2. The molecule has 1 aliphatic rings. The standard InChI is InChI=1S/C49H48O7S/c50-45(51)35-53-43-26-24-36(25-27-43)28-41-22-13-23-42(29-41)49-48(56-33-40-20-11-4-12-21-40)47(55-32-39-18-9-3-10-19-39)46(54-31-38-16-7-2-8-17-38)44(57-49)34-52-30-37-14-5-1-6-15-37/h1-27,29,44,46-49H,28,30-35H2,(H,50,51)/t44-,46-,47+,48-,49+/m1/s1. The lowest BCUT2D eigenvalue weighted by Crippen LogP contribution is -2.54.